The topological polar surface area (TPSA) is 28.2 Å². The Labute approximate surface area is 121 Å². The van der Waals surface area contributed by atoms with Gasteiger partial charge in [-0.15, -0.1) is 11.3 Å². The summed E-state index contributed by atoms with van der Waals surface area (Å²) in [4.78, 5) is 8.33. The molecule has 0 radical (unpaired) electrons. The molecule has 1 aromatic heterocycles. The van der Waals surface area contributed by atoms with E-state index in [1.807, 2.05) is 24.6 Å². The molecule has 1 fully saturated rings. The molecule has 1 aliphatic rings. The van der Waals surface area contributed by atoms with Gasteiger partial charge in [0, 0.05) is 30.2 Å². The highest BCUT2D eigenvalue weighted by molar-refractivity contribution is 7.15. The predicted molar refractivity (Wildman–Crippen MR) is 84.0 cm³/mol. The highest BCUT2D eigenvalue weighted by Crippen LogP contribution is 2.33. The van der Waals surface area contributed by atoms with Crippen LogP contribution in [0.4, 0.5) is 5.13 Å². The Morgan fingerprint density at radius 2 is 2.11 bits per heavy atom. The van der Waals surface area contributed by atoms with Gasteiger partial charge in [-0.2, -0.15) is 0 Å². The van der Waals surface area contributed by atoms with Crippen LogP contribution < -0.4 is 10.2 Å². The van der Waals surface area contributed by atoms with Crippen LogP contribution in [0.2, 0.25) is 0 Å². The molecule has 1 unspecified atom stereocenters. The van der Waals surface area contributed by atoms with Crippen molar-refractivity contribution < 1.29 is 0 Å². The highest BCUT2D eigenvalue weighted by atomic mass is 32.1. The van der Waals surface area contributed by atoms with E-state index in [4.69, 9.17) is 0 Å². The average Bonchev–Trinajstić information content (AvgIpc) is 2.95. The van der Waals surface area contributed by atoms with Crippen LogP contribution in [0.5, 0.6) is 0 Å². The van der Waals surface area contributed by atoms with Crippen LogP contribution in [0, 0.1) is 5.92 Å². The van der Waals surface area contributed by atoms with Crippen molar-refractivity contribution in [1.82, 2.24) is 10.3 Å². The summed E-state index contributed by atoms with van der Waals surface area (Å²) in [6.07, 6.45) is 8.79. The first-order chi connectivity index (χ1) is 9.15. The number of rotatable bonds is 5. The molecule has 1 saturated carbocycles. The second-order valence-electron chi connectivity index (χ2n) is 5.75. The molecule has 2 rings (SSSR count). The van der Waals surface area contributed by atoms with Crippen LogP contribution in [0.15, 0.2) is 6.20 Å². The number of nitrogens with zero attached hydrogens (tertiary/aromatic N) is 2. The van der Waals surface area contributed by atoms with Gasteiger partial charge in [-0.05, 0) is 45.6 Å². The summed E-state index contributed by atoms with van der Waals surface area (Å²) in [6.45, 7) is 4.50. The van der Waals surface area contributed by atoms with Crippen molar-refractivity contribution in [3.8, 4) is 0 Å². The third-order valence-electron chi connectivity index (χ3n) is 4.61. The Morgan fingerprint density at radius 1 is 1.42 bits per heavy atom. The lowest BCUT2D eigenvalue weighted by Crippen LogP contribution is -2.35. The van der Waals surface area contributed by atoms with E-state index >= 15 is 0 Å². The second-order valence-corrected chi connectivity index (χ2v) is 6.79. The molecule has 1 heterocycles. The van der Waals surface area contributed by atoms with E-state index in [1.165, 1.54) is 42.1 Å². The van der Waals surface area contributed by atoms with Crippen molar-refractivity contribution in [2.75, 3.05) is 19.0 Å². The summed E-state index contributed by atoms with van der Waals surface area (Å²) in [5.41, 5.74) is 0. The van der Waals surface area contributed by atoms with E-state index in [9.17, 15) is 0 Å². The van der Waals surface area contributed by atoms with Crippen molar-refractivity contribution in [3.63, 3.8) is 0 Å². The summed E-state index contributed by atoms with van der Waals surface area (Å²) >= 11 is 1.83. The van der Waals surface area contributed by atoms with Crippen LogP contribution in [-0.2, 0) is 0 Å². The summed E-state index contributed by atoms with van der Waals surface area (Å²) < 4.78 is 0. The molecule has 0 amide bonds. The number of anilines is 1. The van der Waals surface area contributed by atoms with Crippen LogP contribution in [0.1, 0.15) is 56.9 Å². The molecule has 1 aromatic rings. The fourth-order valence-electron chi connectivity index (χ4n) is 2.88. The first-order valence-corrected chi connectivity index (χ1v) is 8.33. The fraction of sp³-hybridized carbons (Fsp3) is 0.800. The van der Waals surface area contributed by atoms with Gasteiger partial charge in [0.05, 0.1) is 0 Å². The van der Waals surface area contributed by atoms with Crippen LogP contribution in [0.3, 0.4) is 0 Å². The van der Waals surface area contributed by atoms with Gasteiger partial charge in [-0.3, -0.25) is 0 Å². The van der Waals surface area contributed by atoms with Crippen molar-refractivity contribution in [1.29, 1.82) is 0 Å². The van der Waals surface area contributed by atoms with E-state index in [0.29, 0.717) is 12.1 Å². The minimum absolute atomic E-state index is 0.399. The monoisotopic (exact) mass is 281 g/mol. The molecule has 0 bridgehead atoms. The Hall–Kier alpha value is -0.610. The Bertz CT molecular complexity index is 382. The minimum atomic E-state index is 0.399. The van der Waals surface area contributed by atoms with Gasteiger partial charge in [0.25, 0.3) is 0 Å². The third-order valence-corrected chi connectivity index (χ3v) is 5.88. The zero-order chi connectivity index (χ0) is 13.8. The molecular formula is C15H27N3S. The van der Waals surface area contributed by atoms with Gasteiger partial charge >= 0.3 is 0 Å². The van der Waals surface area contributed by atoms with Gasteiger partial charge in [0.15, 0.2) is 5.13 Å². The van der Waals surface area contributed by atoms with Crippen molar-refractivity contribution >= 4 is 16.5 Å². The summed E-state index contributed by atoms with van der Waals surface area (Å²) in [6, 6.07) is 1.09. The molecule has 0 aromatic carbocycles. The highest BCUT2D eigenvalue weighted by Gasteiger charge is 2.24. The number of aromatic nitrogens is 1. The normalized spacial score (nSPS) is 25.3. The van der Waals surface area contributed by atoms with Gasteiger partial charge in [-0.1, -0.05) is 13.3 Å². The lowest BCUT2D eigenvalue weighted by Gasteiger charge is -2.34. The van der Waals surface area contributed by atoms with Gasteiger partial charge in [0.1, 0.15) is 0 Å². The SMILES string of the molecule is CCC1CCC(N(C)c2ncc(C(C)NC)s2)CC1. The molecule has 4 heteroatoms. The first-order valence-electron chi connectivity index (χ1n) is 7.51. The Balaban J connectivity index is 1.96. The Morgan fingerprint density at radius 3 is 2.68 bits per heavy atom. The number of hydrogen-bond donors (Lipinski definition) is 1. The van der Waals surface area contributed by atoms with E-state index in [-0.39, 0.29) is 0 Å². The third kappa shape index (κ3) is 3.48. The molecule has 0 saturated heterocycles. The maximum absolute atomic E-state index is 4.60. The fourth-order valence-corrected chi connectivity index (χ4v) is 3.89. The van der Waals surface area contributed by atoms with E-state index in [0.717, 1.165) is 5.92 Å². The lowest BCUT2D eigenvalue weighted by molar-refractivity contribution is 0.313. The Kier molecular flexibility index (Phi) is 5.22. The lowest BCUT2D eigenvalue weighted by atomic mass is 9.84. The molecule has 108 valence electrons. The summed E-state index contributed by atoms with van der Waals surface area (Å²) in [7, 11) is 4.21. The molecule has 1 aliphatic carbocycles. The minimum Gasteiger partial charge on any atom is -0.348 e. The van der Waals surface area contributed by atoms with Crippen molar-refractivity contribution in [3.05, 3.63) is 11.1 Å². The number of nitrogens with one attached hydrogen (secondary N) is 1. The molecule has 0 spiro atoms. The maximum Gasteiger partial charge on any atom is 0.185 e. The molecule has 3 nitrogen and oxygen atoms in total. The van der Waals surface area contributed by atoms with Gasteiger partial charge in [0.2, 0.25) is 0 Å². The molecule has 19 heavy (non-hydrogen) atoms. The average molecular weight is 281 g/mol. The summed E-state index contributed by atoms with van der Waals surface area (Å²) in [5.74, 6) is 0.959. The van der Waals surface area contributed by atoms with E-state index < -0.39 is 0 Å². The number of thiazole rings is 1. The molecule has 0 aliphatic heterocycles. The van der Waals surface area contributed by atoms with E-state index in [1.54, 1.807) is 0 Å². The van der Waals surface area contributed by atoms with Crippen molar-refractivity contribution in [2.24, 2.45) is 5.92 Å². The molecule has 1 N–H and O–H groups in total. The van der Waals surface area contributed by atoms with Gasteiger partial charge in [-0.25, -0.2) is 4.98 Å². The quantitative estimate of drug-likeness (QED) is 0.889. The largest absolute Gasteiger partial charge is 0.348 e. The van der Waals surface area contributed by atoms with Crippen LogP contribution in [0.25, 0.3) is 0 Å². The first kappa shape index (κ1) is 14.8. The predicted octanol–water partition coefficient (Wildman–Crippen LogP) is 3.83. The summed E-state index contributed by atoms with van der Waals surface area (Å²) in [5, 5.41) is 4.46. The van der Waals surface area contributed by atoms with Crippen LogP contribution >= 0.6 is 11.3 Å². The van der Waals surface area contributed by atoms with E-state index in [2.05, 4.69) is 36.1 Å². The second kappa shape index (κ2) is 6.71. The molecular weight excluding hydrogens is 254 g/mol. The number of hydrogen-bond acceptors (Lipinski definition) is 4. The van der Waals surface area contributed by atoms with Crippen molar-refractivity contribution in [2.45, 2.75) is 58.0 Å². The smallest absolute Gasteiger partial charge is 0.185 e. The zero-order valence-corrected chi connectivity index (χ0v) is 13.5. The van der Waals surface area contributed by atoms with Gasteiger partial charge < -0.3 is 10.2 Å². The maximum atomic E-state index is 4.60. The molecule has 1 atom stereocenters. The zero-order valence-electron chi connectivity index (χ0n) is 12.6. The standard InChI is InChI=1S/C15H27N3S/c1-5-12-6-8-13(9-7-12)18(4)15-17-10-14(19-15)11(2)16-3/h10-13,16H,5-9H2,1-4H3. The van der Waals surface area contributed by atoms with Crippen LogP contribution in [-0.4, -0.2) is 25.1 Å².